The van der Waals surface area contributed by atoms with Gasteiger partial charge in [0, 0.05) is 24.5 Å². The van der Waals surface area contributed by atoms with Gasteiger partial charge in [-0.15, -0.1) is 0 Å². The lowest BCUT2D eigenvalue weighted by Gasteiger charge is -2.17. The Balaban J connectivity index is 1.82. The van der Waals surface area contributed by atoms with Crippen molar-refractivity contribution < 1.29 is 14.2 Å². The van der Waals surface area contributed by atoms with Crippen molar-refractivity contribution in [1.82, 2.24) is 0 Å². The first kappa shape index (κ1) is 12.9. The summed E-state index contributed by atoms with van der Waals surface area (Å²) in [7, 11) is 1.64. The topological polar surface area (TPSA) is 27.7 Å². The smallest absolute Gasteiger partial charge is 0.146 e. The molecule has 1 fully saturated rings. The average Bonchev–Trinajstić information content (AvgIpc) is 2.79. The summed E-state index contributed by atoms with van der Waals surface area (Å²) >= 11 is 1.77. The molecule has 0 aliphatic carbocycles. The van der Waals surface area contributed by atoms with E-state index < -0.39 is 0 Å². The second kappa shape index (κ2) is 7.01. The molecule has 1 aromatic carbocycles. The van der Waals surface area contributed by atoms with Gasteiger partial charge in [0.25, 0.3) is 0 Å². The summed E-state index contributed by atoms with van der Waals surface area (Å²) in [5.74, 6) is 0.454. The highest BCUT2D eigenvalue weighted by atomic mass is 32.2. The molecule has 0 unspecified atom stereocenters. The van der Waals surface area contributed by atoms with E-state index in [1.165, 1.54) is 4.90 Å². The Morgan fingerprint density at radius 3 is 2.94 bits per heavy atom. The Morgan fingerprint density at radius 2 is 2.18 bits per heavy atom. The molecule has 1 aliphatic heterocycles. The molecule has 0 amide bonds. The first-order valence-corrected chi connectivity index (χ1v) is 6.68. The number of hydrogen-bond donors (Lipinski definition) is 0. The summed E-state index contributed by atoms with van der Waals surface area (Å²) in [5.41, 5.74) is 0.203. The Kier molecular flexibility index (Phi) is 5.32. The molecule has 0 saturated carbocycles. The molecule has 0 spiro atoms. The molecule has 1 aliphatic rings. The van der Waals surface area contributed by atoms with Crippen molar-refractivity contribution in [1.29, 1.82) is 0 Å². The van der Waals surface area contributed by atoms with Crippen molar-refractivity contribution in [3.63, 3.8) is 0 Å². The van der Waals surface area contributed by atoms with Crippen LogP contribution in [0.3, 0.4) is 0 Å². The maximum Gasteiger partial charge on any atom is 0.146 e. The molecule has 0 aromatic heterocycles. The van der Waals surface area contributed by atoms with Gasteiger partial charge < -0.3 is 14.2 Å². The third kappa shape index (κ3) is 4.00. The number of methoxy groups -OCH3 is 1. The van der Waals surface area contributed by atoms with Gasteiger partial charge in [-0.2, -0.15) is 0 Å². The standard InChI is InChI=1S/C13H18O3S/c1-14-10-15-9-11-7-8-16-13(11)17-12-5-3-2-4-6-12/h2-6,11,13H,7-10H2,1H3/t11-,13+/m0/s1. The molecule has 2 atom stereocenters. The van der Waals surface area contributed by atoms with Gasteiger partial charge >= 0.3 is 0 Å². The summed E-state index contributed by atoms with van der Waals surface area (Å²) in [6.07, 6.45) is 1.06. The summed E-state index contributed by atoms with van der Waals surface area (Å²) in [5, 5.41) is 0. The van der Waals surface area contributed by atoms with Gasteiger partial charge in [-0.25, -0.2) is 0 Å². The molecule has 2 rings (SSSR count). The van der Waals surface area contributed by atoms with E-state index in [0.29, 0.717) is 19.3 Å². The van der Waals surface area contributed by atoms with E-state index in [1.807, 2.05) is 18.2 Å². The first-order valence-electron chi connectivity index (χ1n) is 5.80. The molecular weight excluding hydrogens is 236 g/mol. The molecule has 4 heteroatoms. The Bertz CT molecular complexity index is 318. The summed E-state index contributed by atoms with van der Waals surface area (Å²) in [6, 6.07) is 10.3. The maximum absolute atomic E-state index is 5.74. The van der Waals surface area contributed by atoms with Crippen molar-refractivity contribution in [3.05, 3.63) is 30.3 Å². The lowest BCUT2D eigenvalue weighted by atomic mass is 10.1. The highest BCUT2D eigenvalue weighted by molar-refractivity contribution is 7.99. The van der Waals surface area contributed by atoms with E-state index in [0.717, 1.165) is 13.0 Å². The molecule has 1 saturated heterocycles. The van der Waals surface area contributed by atoms with Crippen LogP contribution >= 0.6 is 11.8 Å². The van der Waals surface area contributed by atoms with E-state index >= 15 is 0 Å². The van der Waals surface area contributed by atoms with Crippen LogP contribution in [0.4, 0.5) is 0 Å². The number of thioether (sulfide) groups is 1. The molecule has 0 radical (unpaired) electrons. The fourth-order valence-electron chi connectivity index (χ4n) is 1.82. The van der Waals surface area contributed by atoms with Crippen LogP contribution in [0.5, 0.6) is 0 Å². The van der Waals surface area contributed by atoms with Crippen molar-refractivity contribution >= 4 is 11.8 Å². The van der Waals surface area contributed by atoms with Crippen molar-refractivity contribution in [2.24, 2.45) is 5.92 Å². The average molecular weight is 254 g/mol. The normalized spacial score (nSPS) is 24.1. The van der Waals surface area contributed by atoms with Crippen LogP contribution < -0.4 is 0 Å². The molecule has 94 valence electrons. The minimum atomic E-state index is 0.203. The summed E-state index contributed by atoms with van der Waals surface area (Å²) < 4.78 is 16.0. The van der Waals surface area contributed by atoms with Gasteiger partial charge in [0.1, 0.15) is 12.2 Å². The zero-order valence-electron chi connectivity index (χ0n) is 10.0. The maximum atomic E-state index is 5.74. The minimum absolute atomic E-state index is 0.203. The largest absolute Gasteiger partial charge is 0.367 e. The zero-order valence-corrected chi connectivity index (χ0v) is 10.8. The molecule has 1 heterocycles. The summed E-state index contributed by atoms with van der Waals surface area (Å²) in [4.78, 5) is 1.25. The monoisotopic (exact) mass is 254 g/mol. The second-order valence-electron chi connectivity index (χ2n) is 4.00. The first-order chi connectivity index (χ1) is 8.40. The predicted octanol–water partition coefficient (Wildman–Crippen LogP) is 2.76. The highest BCUT2D eigenvalue weighted by Gasteiger charge is 2.29. The Morgan fingerprint density at radius 1 is 1.35 bits per heavy atom. The molecule has 17 heavy (non-hydrogen) atoms. The summed E-state index contributed by atoms with van der Waals surface area (Å²) in [6.45, 7) is 1.89. The van der Waals surface area contributed by atoms with E-state index in [-0.39, 0.29) is 5.44 Å². The zero-order chi connectivity index (χ0) is 11.9. The van der Waals surface area contributed by atoms with Gasteiger partial charge in [-0.3, -0.25) is 0 Å². The third-order valence-electron chi connectivity index (χ3n) is 2.68. The van der Waals surface area contributed by atoms with Crippen molar-refractivity contribution in [2.45, 2.75) is 16.8 Å². The van der Waals surface area contributed by atoms with Gasteiger partial charge in [-0.1, -0.05) is 30.0 Å². The predicted molar refractivity (Wildman–Crippen MR) is 68.0 cm³/mol. The van der Waals surface area contributed by atoms with Crippen LogP contribution in [-0.2, 0) is 14.2 Å². The van der Waals surface area contributed by atoms with Gasteiger partial charge in [0.2, 0.25) is 0 Å². The number of hydrogen-bond acceptors (Lipinski definition) is 4. The van der Waals surface area contributed by atoms with Crippen LogP contribution in [0.1, 0.15) is 6.42 Å². The van der Waals surface area contributed by atoms with Gasteiger partial charge in [-0.05, 0) is 18.6 Å². The lowest BCUT2D eigenvalue weighted by molar-refractivity contribution is -0.0456. The van der Waals surface area contributed by atoms with Crippen LogP contribution in [0.2, 0.25) is 0 Å². The van der Waals surface area contributed by atoms with Crippen LogP contribution in [0.15, 0.2) is 35.2 Å². The lowest BCUT2D eigenvalue weighted by Crippen LogP contribution is -2.18. The SMILES string of the molecule is COCOC[C@@H]1CCO[C@@H]1Sc1ccccc1. The van der Waals surface area contributed by atoms with Crippen molar-refractivity contribution in [3.8, 4) is 0 Å². The highest BCUT2D eigenvalue weighted by Crippen LogP contribution is 2.34. The Hall–Kier alpha value is -0.550. The van der Waals surface area contributed by atoms with Crippen molar-refractivity contribution in [2.75, 3.05) is 27.1 Å². The number of benzene rings is 1. The fourth-order valence-corrected chi connectivity index (χ4v) is 2.97. The molecule has 0 N–H and O–H groups in total. The van der Waals surface area contributed by atoms with E-state index in [4.69, 9.17) is 14.2 Å². The van der Waals surface area contributed by atoms with Crippen LogP contribution in [0, 0.1) is 5.92 Å². The number of ether oxygens (including phenoxy) is 3. The van der Waals surface area contributed by atoms with Crippen LogP contribution in [0.25, 0.3) is 0 Å². The van der Waals surface area contributed by atoms with E-state index in [2.05, 4.69) is 12.1 Å². The number of rotatable bonds is 6. The van der Waals surface area contributed by atoms with Gasteiger partial charge in [0.15, 0.2) is 0 Å². The van der Waals surface area contributed by atoms with E-state index in [1.54, 1.807) is 18.9 Å². The molecular formula is C13H18O3S. The quantitative estimate of drug-likeness (QED) is 0.576. The Labute approximate surface area is 106 Å². The molecule has 0 bridgehead atoms. The van der Waals surface area contributed by atoms with Crippen LogP contribution in [-0.4, -0.2) is 32.6 Å². The van der Waals surface area contributed by atoms with E-state index in [9.17, 15) is 0 Å². The minimum Gasteiger partial charge on any atom is -0.367 e. The second-order valence-corrected chi connectivity index (χ2v) is 5.17. The van der Waals surface area contributed by atoms with Gasteiger partial charge in [0.05, 0.1) is 6.61 Å². The molecule has 1 aromatic rings. The molecule has 3 nitrogen and oxygen atoms in total. The third-order valence-corrected chi connectivity index (χ3v) is 3.98. The fraction of sp³-hybridized carbons (Fsp3) is 0.538.